The first-order chi connectivity index (χ1) is 14.6. The number of ether oxygens (including phenoxy) is 2. The van der Waals surface area contributed by atoms with E-state index in [1.54, 1.807) is 7.11 Å². The van der Waals surface area contributed by atoms with Crippen LogP contribution in [0.5, 0.6) is 5.75 Å². The fourth-order valence-corrected chi connectivity index (χ4v) is 4.00. The van der Waals surface area contributed by atoms with Crippen molar-refractivity contribution in [2.45, 2.75) is 26.3 Å². The van der Waals surface area contributed by atoms with Gasteiger partial charge in [0, 0.05) is 31.4 Å². The van der Waals surface area contributed by atoms with Crippen LogP contribution in [0.3, 0.4) is 0 Å². The van der Waals surface area contributed by atoms with Crippen molar-refractivity contribution >= 4 is 5.91 Å². The molecule has 30 heavy (non-hydrogen) atoms. The molecule has 6 nitrogen and oxygen atoms in total. The molecule has 1 aliphatic heterocycles. The van der Waals surface area contributed by atoms with Crippen molar-refractivity contribution in [1.29, 1.82) is 0 Å². The molecule has 0 spiro atoms. The van der Waals surface area contributed by atoms with Crippen LogP contribution in [0.15, 0.2) is 48.5 Å². The zero-order valence-corrected chi connectivity index (χ0v) is 17.6. The number of H-pyrrole nitrogens is 1. The van der Waals surface area contributed by atoms with Crippen LogP contribution in [0.25, 0.3) is 11.3 Å². The van der Waals surface area contributed by atoms with E-state index in [4.69, 9.17) is 9.47 Å². The molecule has 1 atom stereocenters. The number of hydrogen-bond acceptors (Lipinski definition) is 4. The Morgan fingerprint density at radius 1 is 1.10 bits per heavy atom. The lowest BCUT2D eigenvalue weighted by Crippen LogP contribution is -2.31. The molecule has 0 radical (unpaired) electrons. The standard InChI is InChI=1S/C24H27N3O3/c1-4-30-19-12-10-17(11-13-19)21-20-22(26-25-21)24(28)27(14-5-15-29-3)23(20)18-8-6-16(2)7-9-18/h6-13,23H,4-5,14-15H2,1-3H3,(H,25,26). The summed E-state index contributed by atoms with van der Waals surface area (Å²) in [5.74, 6) is 0.803. The molecule has 1 amide bonds. The first-order valence-electron chi connectivity index (χ1n) is 10.3. The summed E-state index contributed by atoms with van der Waals surface area (Å²) in [4.78, 5) is 15.1. The van der Waals surface area contributed by atoms with Gasteiger partial charge in [0.05, 0.1) is 18.3 Å². The van der Waals surface area contributed by atoms with Crippen molar-refractivity contribution in [3.8, 4) is 17.0 Å². The lowest BCUT2D eigenvalue weighted by atomic mass is 9.95. The third kappa shape index (κ3) is 3.71. The van der Waals surface area contributed by atoms with E-state index in [1.165, 1.54) is 5.56 Å². The van der Waals surface area contributed by atoms with Gasteiger partial charge in [-0.3, -0.25) is 9.89 Å². The van der Waals surface area contributed by atoms with Crippen LogP contribution in [0.2, 0.25) is 0 Å². The Hall–Kier alpha value is -3.12. The van der Waals surface area contributed by atoms with Crippen LogP contribution in [0.1, 0.15) is 46.6 Å². The summed E-state index contributed by atoms with van der Waals surface area (Å²) in [7, 11) is 1.68. The molecule has 1 unspecified atom stereocenters. The highest BCUT2D eigenvalue weighted by Crippen LogP contribution is 2.43. The normalized spacial score (nSPS) is 15.5. The van der Waals surface area contributed by atoms with Crippen LogP contribution in [0.4, 0.5) is 0 Å². The van der Waals surface area contributed by atoms with Crippen LogP contribution in [-0.4, -0.2) is 47.9 Å². The number of fused-ring (bicyclic) bond motifs is 1. The zero-order chi connectivity index (χ0) is 21.1. The number of carbonyl (C=O) groups excluding carboxylic acids is 1. The van der Waals surface area contributed by atoms with Crippen molar-refractivity contribution in [2.75, 3.05) is 26.9 Å². The maximum absolute atomic E-state index is 13.2. The van der Waals surface area contributed by atoms with Gasteiger partial charge in [0.2, 0.25) is 0 Å². The Kier molecular flexibility index (Phi) is 5.86. The first-order valence-corrected chi connectivity index (χ1v) is 10.3. The van der Waals surface area contributed by atoms with Crippen molar-refractivity contribution < 1.29 is 14.3 Å². The predicted molar refractivity (Wildman–Crippen MR) is 116 cm³/mol. The zero-order valence-electron chi connectivity index (χ0n) is 17.6. The monoisotopic (exact) mass is 405 g/mol. The highest BCUT2D eigenvalue weighted by molar-refractivity contribution is 6.00. The average Bonchev–Trinajstić information content (AvgIpc) is 3.29. The fraction of sp³-hybridized carbons (Fsp3) is 0.333. The maximum Gasteiger partial charge on any atom is 0.273 e. The van der Waals surface area contributed by atoms with E-state index in [0.29, 0.717) is 25.5 Å². The van der Waals surface area contributed by atoms with E-state index in [9.17, 15) is 4.79 Å². The average molecular weight is 405 g/mol. The van der Waals surface area contributed by atoms with Gasteiger partial charge in [0.1, 0.15) is 11.4 Å². The summed E-state index contributed by atoms with van der Waals surface area (Å²) < 4.78 is 10.8. The van der Waals surface area contributed by atoms with E-state index < -0.39 is 0 Å². The van der Waals surface area contributed by atoms with Gasteiger partial charge >= 0.3 is 0 Å². The Balaban J connectivity index is 1.76. The number of aromatic amines is 1. The van der Waals surface area contributed by atoms with Crippen molar-refractivity contribution in [3.63, 3.8) is 0 Å². The fourth-order valence-electron chi connectivity index (χ4n) is 4.00. The molecule has 0 saturated carbocycles. The number of methoxy groups -OCH3 is 1. The SMILES string of the molecule is CCOc1ccc(-c2n[nH]c3c2C(c2ccc(C)cc2)N(CCCOC)C3=O)cc1. The molecule has 1 aliphatic rings. The van der Waals surface area contributed by atoms with Gasteiger partial charge in [-0.2, -0.15) is 5.10 Å². The molecular weight excluding hydrogens is 378 g/mol. The number of hydrogen-bond donors (Lipinski definition) is 1. The number of aromatic nitrogens is 2. The molecule has 156 valence electrons. The smallest absolute Gasteiger partial charge is 0.273 e. The third-order valence-corrected chi connectivity index (χ3v) is 5.44. The molecule has 0 saturated heterocycles. The summed E-state index contributed by atoms with van der Waals surface area (Å²) in [5, 5.41) is 7.52. The Bertz CT molecular complexity index is 1010. The van der Waals surface area contributed by atoms with Gasteiger partial charge in [0.15, 0.2) is 0 Å². The molecule has 0 fully saturated rings. The van der Waals surface area contributed by atoms with Crippen molar-refractivity contribution in [3.05, 3.63) is 70.9 Å². The van der Waals surface area contributed by atoms with E-state index >= 15 is 0 Å². The van der Waals surface area contributed by atoms with E-state index in [1.807, 2.05) is 36.1 Å². The second kappa shape index (κ2) is 8.71. The predicted octanol–water partition coefficient (Wildman–Crippen LogP) is 4.37. The Labute approximate surface area is 176 Å². The van der Waals surface area contributed by atoms with Gasteiger partial charge < -0.3 is 14.4 Å². The van der Waals surface area contributed by atoms with Crippen LogP contribution in [0, 0.1) is 6.92 Å². The summed E-state index contributed by atoms with van der Waals surface area (Å²) >= 11 is 0. The number of nitrogens with one attached hydrogen (secondary N) is 1. The van der Waals surface area contributed by atoms with E-state index in [-0.39, 0.29) is 11.9 Å². The number of aryl methyl sites for hydroxylation is 1. The van der Waals surface area contributed by atoms with Gasteiger partial charge in [-0.15, -0.1) is 0 Å². The molecule has 2 aromatic carbocycles. The minimum Gasteiger partial charge on any atom is -0.494 e. The molecule has 0 bridgehead atoms. The molecule has 1 aromatic heterocycles. The minimum absolute atomic E-state index is 0.0173. The highest BCUT2D eigenvalue weighted by atomic mass is 16.5. The molecule has 1 N–H and O–H groups in total. The van der Waals surface area contributed by atoms with Crippen molar-refractivity contribution in [1.82, 2.24) is 15.1 Å². The largest absolute Gasteiger partial charge is 0.494 e. The first kappa shape index (κ1) is 20.2. The molecule has 2 heterocycles. The topological polar surface area (TPSA) is 67.4 Å². The number of amides is 1. The van der Waals surface area contributed by atoms with E-state index in [2.05, 4.69) is 41.4 Å². The van der Waals surface area contributed by atoms with Gasteiger partial charge in [-0.25, -0.2) is 0 Å². The van der Waals surface area contributed by atoms with Gasteiger partial charge in [-0.05, 0) is 50.1 Å². The van der Waals surface area contributed by atoms with Gasteiger partial charge in [0.25, 0.3) is 5.91 Å². The number of benzene rings is 2. The quantitative estimate of drug-likeness (QED) is 0.565. The molecule has 3 aromatic rings. The number of nitrogens with zero attached hydrogens (tertiary/aromatic N) is 2. The number of carbonyl (C=O) groups is 1. The van der Waals surface area contributed by atoms with Gasteiger partial charge in [-0.1, -0.05) is 29.8 Å². The number of rotatable bonds is 8. The molecule has 4 rings (SSSR count). The summed E-state index contributed by atoms with van der Waals surface area (Å²) in [6.07, 6.45) is 0.778. The Morgan fingerprint density at radius 2 is 1.83 bits per heavy atom. The lowest BCUT2D eigenvalue weighted by molar-refractivity contribution is 0.0723. The summed E-state index contributed by atoms with van der Waals surface area (Å²) in [6, 6.07) is 16.1. The third-order valence-electron chi connectivity index (χ3n) is 5.44. The maximum atomic E-state index is 13.2. The van der Waals surface area contributed by atoms with E-state index in [0.717, 1.165) is 34.6 Å². The van der Waals surface area contributed by atoms with Crippen molar-refractivity contribution in [2.24, 2.45) is 0 Å². The minimum atomic E-state index is -0.176. The molecule has 0 aliphatic carbocycles. The molecule has 6 heteroatoms. The lowest BCUT2D eigenvalue weighted by Gasteiger charge is -2.26. The second-order valence-corrected chi connectivity index (χ2v) is 7.48. The Morgan fingerprint density at radius 3 is 2.50 bits per heavy atom. The van der Waals surface area contributed by atoms with Crippen LogP contribution in [-0.2, 0) is 4.74 Å². The summed E-state index contributed by atoms with van der Waals surface area (Å²) in [5.41, 5.74) is 5.54. The molecular formula is C24H27N3O3. The van der Waals surface area contributed by atoms with Crippen LogP contribution < -0.4 is 4.74 Å². The van der Waals surface area contributed by atoms with Crippen LogP contribution >= 0.6 is 0 Å². The second-order valence-electron chi connectivity index (χ2n) is 7.48. The highest BCUT2D eigenvalue weighted by Gasteiger charge is 2.41. The summed E-state index contributed by atoms with van der Waals surface area (Å²) in [6.45, 7) is 5.88.